The Morgan fingerprint density at radius 2 is 1.86 bits per heavy atom. The maximum atomic E-state index is 10.1. The lowest BCUT2D eigenvalue weighted by molar-refractivity contribution is 0.0669. The van der Waals surface area contributed by atoms with E-state index in [2.05, 4.69) is 47.5 Å². The molecule has 3 heterocycles. The molecule has 4 aromatic rings. The van der Waals surface area contributed by atoms with Crippen molar-refractivity contribution in [1.29, 1.82) is 0 Å². The van der Waals surface area contributed by atoms with Gasteiger partial charge in [-0.1, -0.05) is 48.5 Å². The van der Waals surface area contributed by atoms with E-state index in [0.29, 0.717) is 6.54 Å². The Labute approximate surface area is 170 Å². The van der Waals surface area contributed by atoms with Crippen LogP contribution in [0.5, 0.6) is 0 Å². The number of hydrogen-bond donors (Lipinski definition) is 1. The summed E-state index contributed by atoms with van der Waals surface area (Å²) in [6.45, 7) is 3.19. The highest BCUT2D eigenvalue weighted by atomic mass is 16.3. The van der Waals surface area contributed by atoms with Crippen LogP contribution in [-0.2, 0) is 13.1 Å². The minimum atomic E-state index is -0.238. The molecular weight excluding hydrogens is 362 g/mol. The van der Waals surface area contributed by atoms with Gasteiger partial charge in [0.25, 0.3) is 0 Å². The second-order valence-corrected chi connectivity index (χ2v) is 7.87. The lowest BCUT2D eigenvalue weighted by Crippen LogP contribution is -2.37. The molecule has 1 N–H and O–H groups in total. The van der Waals surface area contributed by atoms with E-state index in [0.717, 1.165) is 60.5 Å². The molecule has 1 aliphatic rings. The van der Waals surface area contributed by atoms with Crippen LogP contribution in [0.4, 0.5) is 0 Å². The SMILES string of the molecule is O[C@H]1CCCN(Cc2cn(Cc3ccccc3)nc2-c2cc3ccccc3o2)C1. The number of nitrogens with zero attached hydrogens (tertiary/aromatic N) is 3. The van der Waals surface area contributed by atoms with Crippen molar-refractivity contribution in [3.8, 4) is 11.5 Å². The maximum absolute atomic E-state index is 10.1. The van der Waals surface area contributed by atoms with E-state index in [1.165, 1.54) is 5.56 Å². The third kappa shape index (κ3) is 3.97. The molecule has 2 aromatic heterocycles. The van der Waals surface area contributed by atoms with Crippen LogP contribution < -0.4 is 0 Å². The fourth-order valence-corrected chi connectivity index (χ4v) is 4.15. The molecule has 29 heavy (non-hydrogen) atoms. The fourth-order valence-electron chi connectivity index (χ4n) is 4.15. The van der Waals surface area contributed by atoms with Crippen molar-refractivity contribution in [3.05, 3.63) is 78.0 Å². The summed E-state index contributed by atoms with van der Waals surface area (Å²) >= 11 is 0. The second kappa shape index (κ2) is 7.85. The normalized spacial score (nSPS) is 17.8. The fraction of sp³-hybridized carbons (Fsp3) is 0.292. The van der Waals surface area contributed by atoms with Crippen molar-refractivity contribution in [1.82, 2.24) is 14.7 Å². The predicted octanol–water partition coefficient (Wildman–Crippen LogP) is 4.30. The summed E-state index contributed by atoms with van der Waals surface area (Å²) in [4.78, 5) is 2.31. The molecule has 0 unspecified atom stereocenters. The smallest absolute Gasteiger partial charge is 0.156 e. The van der Waals surface area contributed by atoms with Gasteiger partial charge < -0.3 is 9.52 Å². The molecule has 0 bridgehead atoms. The molecular formula is C24H25N3O2. The molecule has 5 rings (SSSR count). The highest BCUT2D eigenvalue weighted by Gasteiger charge is 2.22. The number of hydrogen-bond acceptors (Lipinski definition) is 4. The molecule has 0 aliphatic carbocycles. The third-order valence-electron chi connectivity index (χ3n) is 5.56. The van der Waals surface area contributed by atoms with Crippen molar-refractivity contribution in [2.45, 2.75) is 32.0 Å². The minimum absolute atomic E-state index is 0.238. The second-order valence-electron chi connectivity index (χ2n) is 7.87. The van der Waals surface area contributed by atoms with Crippen molar-refractivity contribution in [2.75, 3.05) is 13.1 Å². The van der Waals surface area contributed by atoms with Gasteiger partial charge in [0, 0.05) is 30.2 Å². The zero-order valence-electron chi connectivity index (χ0n) is 16.4. The number of likely N-dealkylation sites (tertiary alicyclic amines) is 1. The molecule has 1 fully saturated rings. The van der Waals surface area contributed by atoms with Gasteiger partial charge in [0.05, 0.1) is 12.6 Å². The number of rotatable bonds is 5. The van der Waals surface area contributed by atoms with Crippen LogP contribution in [0.3, 0.4) is 0 Å². The van der Waals surface area contributed by atoms with Crippen LogP contribution in [0.25, 0.3) is 22.4 Å². The van der Waals surface area contributed by atoms with Gasteiger partial charge in [-0.25, -0.2) is 0 Å². The van der Waals surface area contributed by atoms with Crippen molar-refractivity contribution in [2.24, 2.45) is 0 Å². The summed E-state index contributed by atoms with van der Waals surface area (Å²) in [7, 11) is 0. The van der Waals surface area contributed by atoms with Gasteiger partial charge in [-0.05, 0) is 37.1 Å². The van der Waals surface area contributed by atoms with E-state index in [4.69, 9.17) is 9.52 Å². The molecule has 5 heteroatoms. The molecule has 1 saturated heterocycles. The van der Waals surface area contributed by atoms with Gasteiger partial charge in [-0.3, -0.25) is 9.58 Å². The van der Waals surface area contributed by atoms with Crippen LogP contribution in [0.2, 0.25) is 0 Å². The van der Waals surface area contributed by atoms with Crippen LogP contribution in [0, 0.1) is 0 Å². The van der Waals surface area contributed by atoms with Gasteiger partial charge in [-0.2, -0.15) is 5.10 Å². The van der Waals surface area contributed by atoms with Gasteiger partial charge in [0.15, 0.2) is 5.76 Å². The number of para-hydroxylation sites is 1. The highest BCUT2D eigenvalue weighted by molar-refractivity contribution is 5.82. The molecule has 0 amide bonds. The molecule has 0 saturated carbocycles. The first-order valence-electron chi connectivity index (χ1n) is 10.2. The number of furan rings is 1. The first kappa shape index (κ1) is 18.2. The van der Waals surface area contributed by atoms with Gasteiger partial charge in [0.1, 0.15) is 11.3 Å². The average molecular weight is 387 g/mol. The van der Waals surface area contributed by atoms with Crippen molar-refractivity contribution < 1.29 is 9.52 Å². The van der Waals surface area contributed by atoms with E-state index in [1.807, 2.05) is 28.9 Å². The summed E-state index contributed by atoms with van der Waals surface area (Å²) < 4.78 is 8.12. The molecule has 148 valence electrons. The Balaban J connectivity index is 1.50. The average Bonchev–Trinajstić information content (AvgIpc) is 3.32. The van der Waals surface area contributed by atoms with Crippen molar-refractivity contribution in [3.63, 3.8) is 0 Å². The molecule has 2 aromatic carbocycles. The number of piperidine rings is 1. The number of β-amino-alcohol motifs (C(OH)–C–C–N with tert-alkyl or cyclic N) is 1. The summed E-state index contributed by atoms with van der Waals surface area (Å²) in [5.41, 5.74) is 4.11. The number of aliphatic hydroxyl groups is 1. The molecule has 0 spiro atoms. The lowest BCUT2D eigenvalue weighted by Gasteiger charge is -2.29. The lowest BCUT2D eigenvalue weighted by atomic mass is 10.1. The Kier molecular flexibility index (Phi) is 4.92. The molecule has 1 aliphatic heterocycles. The van der Waals surface area contributed by atoms with E-state index in [9.17, 15) is 5.11 Å². The van der Waals surface area contributed by atoms with Crippen LogP contribution in [0.1, 0.15) is 24.0 Å². The monoisotopic (exact) mass is 387 g/mol. The first-order chi connectivity index (χ1) is 14.2. The number of aromatic nitrogens is 2. The van der Waals surface area contributed by atoms with E-state index in [1.54, 1.807) is 0 Å². The Hall–Kier alpha value is -2.89. The Bertz CT molecular complexity index is 1070. The van der Waals surface area contributed by atoms with Crippen molar-refractivity contribution >= 4 is 11.0 Å². The van der Waals surface area contributed by atoms with Crippen LogP contribution in [0.15, 0.2) is 71.3 Å². The van der Waals surface area contributed by atoms with Gasteiger partial charge >= 0.3 is 0 Å². The summed E-state index contributed by atoms with van der Waals surface area (Å²) in [5, 5.41) is 16.0. The largest absolute Gasteiger partial charge is 0.454 e. The highest BCUT2D eigenvalue weighted by Crippen LogP contribution is 2.30. The molecule has 5 nitrogen and oxygen atoms in total. The number of aliphatic hydroxyl groups excluding tert-OH is 1. The predicted molar refractivity (Wildman–Crippen MR) is 113 cm³/mol. The van der Waals surface area contributed by atoms with E-state index < -0.39 is 0 Å². The Morgan fingerprint density at radius 3 is 2.69 bits per heavy atom. The molecule has 1 atom stereocenters. The van der Waals surface area contributed by atoms with Crippen LogP contribution >= 0.6 is 0 Å². The zero-order valence-corrected chi connectivity index (χ0v) is 16.4. The minimum Gasteiger partial charge on any atom is -0.454 e. The number of fused-ring (bicyclic) bond motifs is 1. The summed E-state index contributed by atoms with van der Waals surface area (Å²) in [5.74, 6) is 0.797. The van der Waals surface area contributed by atoms with Gasteiger partial charge in [-0.15, -0.1) is 0 Å². The van der Waals surface area contributed by atoms with Crippen LogP contribution in [-0.4, -0.2) is 39.0 Å². The summed E-state index contributed by atoms with van der Waals surface area (Å²) in [6, 6.07) is 20.5. The van der Waals surface area contributed by atoms with E-state index in [-0.39, 0.29) is 6.10 Å². The number of benzene rings is 2. The standard InChI is InChI=1S/C24H25N3O2/c28-21-10-6-12-26(17-21)15-20-16-27(14-18-7-2-1-3-8-18)25-24(20)23-13-19-9-4-5-11-22(19)29-23/h1-5,7-9,11,13,16,21,28H,6,10,12,14-15,17H2/t21-/m0/s1. The maximum Gasteiger partial charge on any atom is 0.156 e. The topological polar surface area (TPSA) is 54.4 Å². The first-order valence-corrected chi connectivity index (χ1v) is 10.2. The quantitative estimate of drug-likeness (QED) is 0.555. The zero-order chi connectivity index (χ0) is 19.6. The van der Waals surface area contributed by atoms with Gasteiger partial charge in [0.2, 0.25) is 0 Å². The molecule has 0 radical (unpaired) electrons. The van der Waals surface area contributed by atoms with E-state index >= 15 is 0 Å². The summed E-state index contributed by atoms with van der Waals surface area (Å²) in [6.07, 6.45) is 3.80. The Morgan fingerprint density at radius 1 is 1.03 bits per heavy atom. The third-order valence-corrected chi connectivity index (χ3v) is 5.56.